The van der Waals surface area contributed by atoms with Crippen molar-refractivity contribution in [1.82, 2.24) is 35.0 Å². The molecule has 8 rings (SSSR count). The van der Waals surface area contributed by atoms with E-state index in [1.165, 1.54) is 22.8 Å². The van der Waals surface area contributed by atoms with Gasteiger partial charge in [-0.3, -0.25) is 39.0 Å². The van der Waals surface area contributed by atoms with E-state index < -0.39 is 64.0 Å². The lowest BCUT2D eigenvalue weighted by Crippen LogP contribution is -2.54. The molecule has 69 heavy (non-hydrogen) atoms. The molecule has 2 fully saturated rings. The van der Waals surface area contributed by atoms with Crippen molar-refractivity contribution in [3.05, 3.63) is 117 Å². The third kappa shape index (κ3) is 9.40. The molecule has 17 nitrogen and oxygen atoms in total. The molecule has 0 aliphatic carbocycles. The Morgan fingerprint density at radius 1 is 0.913 bits per heavy atom. The molecule has 0 radical (unpaired) electrons. The highest BCUT2D eigenvalue weighted by Crippen LogP contribution is 2.37. The first-order valence-electron chi connectivity index (χ1n) is 22.8. The minimum Gasteiger partial charge on any atom is -0.507 e. The quantitative estimate of drug-likeness (QED) is 0.0594. The van der Waals surface area contributed by atoms with Gasteiger partial charge in [0.1, 0.15) is 29.1 Å². The average molecular weight is 944 g/mol. The lowest BCUT2D eigenvalue weighted by atomic mass is 10.0. The molecular weight excluding hydrogens is 893 g/mol. The summed E-state index contributed by atoms with van der Waals surface area (Å²) >= 11 is 0. The highest BCUT2D eigenvalue weighted by atomic mass is 19.1. The Morgan fingerprint density at radius 3 is 2.36 bits per heavy atom. The van der Waals surface area contributed by atoms with Crippen LogP contribution in [0, 0.1) is 25.5 Å². The largest absolute Gasteiger partial charge is 0.507 e. The molecule has 2 atom stereocenters. The number of rotatable bonds is 15. The third-order valence-electron chi connectivity index (χ3n) is 12.8. The van der Waals surface area contributed by atoms with Gasteiger partial charge in [-0.05, 0) is 93.1 Å². The number of fused-ring (bicyclic) bond motifs is 2. The Labute approximate surface area is 395 Å². The van der Waals surface area contributed by atoms with Gasteiger partial charge in [0.2, 0.25) is 23.6 Å². The van der Waals surface area contributed by atoms with Gasteiger partial charge in [-0.1, -0.05) is 43.7 Å². The Kier molecular flexibility index (Phi) is 13.7. The molecular formula is C50H51F2N9O8. The highest BCUT2D eigenvalue weighted by Gasteiger charge is 2.45. The fourth-order valence-electron chi connectivity index (χ4n) is 9.49. The second-order valence-corrected chi connectivity index (χ2v) is 17.5. The number of hydrogen-bond donors (Lipinski definition) is 4. The second-order valence-electron chi connectivity index (χ2n) is 17.5. The number of halogens is 2. The first kappa shape index (κ1) is 47.7. The van der Waals surface area contributed by atoms with Crippen molar-refractivity contribution in [2.45, 2.75) is 84.3 Å². The maximum Gasteiger partial charge on any atom is 0.355 e. The van der Waals surface area contributed by atoms with E-state index in [4.69, 9.17) is 0 Å². The maximum absolute atomic E-state index is 16.1. The van der Waals surface area contributed by atoms with Gasteiger partial charge in [0.05, 0.1) is 27.8 Å². The average Bonchev–Trinajstić information content (AvgIpc) is 3.56. The Hall–Kier alpha value is -7.83. The Bertz CT molecular complexity index is 2990. The van der Waals surface area contributed by atoms with Gasteiger partial charge >= 0.3 is 5.69 Å². The molecule has 2 aromatic heterocycles. The third-order valence-corrected chi connectivity index (χ3v) is 12.8. The van der Waals surface area contributed by atoms with E-state index in [1.807, 2.05) is 19.1 Å². The number of aryl methyl sites for hydroxylation is 2. The van der Waals surface area contributed by atoms with Gasteiger partial charge in [0.25, 0.3) is 11.8 Å². The van der Waals surface area contributed by atoms with E-state index in [0.29, 0.717) is 35.5 Å². The number of hydrogen-bond acceptors (Lipinski definition) is 12. The van der Waals surface area contributed by atoms with Crippen LogP contribution in [0.3, 0.4) is 0 Å². The molecule has 5 aromatic rings. The predicted octanol–water partition coefficient (Wildman–Crippen LogP) is 5.35. The normalized spacial score (nSPS) is 17.0. The lowest BCUT2D eigenvalue weighted by molar-refractivity contribution is -0.136. The first-order valence-corrected chi connectivity index (χ1v) is 22.8. The van der Waals surface area contributed by atoms with E-state index in [0.717, 1.165) is 41.9 Å². The van der Waals surface area contributed by atoms with E-state index in [-0.39, 0.29) is 91.3 Å². The van der Waals surface area contributed by atoms with Crippen molar-refractivity contribution >= 4 is 58.0 Å². The number of nitrogens with zero attached hydrogens (tertiary/aromatic N) is 6. The summed E-state index contributed by atoms with van der Waals surface area (Å²) in [7, 11) is 0. The van der Waals surface area contributed by atoms with Crippen LogP contribution in [-0.2, 0) is 25.7 Å². The van der Waals surface area contributed by atoms with Gasteiger partial charge in [-0.2, -0.15) is 4.98 Å². The van der Waals surface area contributed by atoms with Crippen molar-refractivity contribution in [2.24, 2.45) is 0 Å². The molecule has 3 aliphatic heterocycles. The van der Waals surface area contributed by atoms with Crippen molar-refractivity contribution < 1.29 is 42.7 Å². The summed E-state index contributed by atoms with van der Waals surface area (Å²) in [6.45, 7) is 10.5. The Morgan fingerprint density at radius 2 is 1.65 bits per heavy atom. The number of imide groups is 2. The van der Waals surface area contributed by atoms with Crippen LogP contribution in [0.4, 0.5) is 20.3 Å². The van der Waals surface area contributed by atoms with Crippen LogP contribution in [0.1, 0.15) is 89.3 Å². The van der Waals surface area contributed by atoms with Crippen molar-refractivity contribution in [3.8, 4) is 22.7 Å². The molecule has 0 bridgehead atoms. The van der Waals surface area contributed by atoms with Gasteiger partial charge in [0.15, 0.2) is 11.5 Å². The van der Waals surface area contributed by atoms with Crippen LogP contribution in [0.5, 0.6) is 5.75 Å². The number of carbonyl (C=O) groups excluding carboxylic acids is 6. The van der Waals surface area contributed by atoms with Crippen LogP contribution < -0.4 is 26.5 Å². The van der Waals surface area contributed by atoms with Crippen LogP contribution in [0.15, 0.2) is 72.0 Å². The number of piperazine rings is 1. The number of nitrogens with one attached hydrogen (secondary N) is 3. The number of anilines is 2. The summed E-state index contributed by atoms with van der Waals surface area (Å²) in [5.41, 5.74) is 1.51. The Balaban J connectivity index is 0.913. The zero-order valence-electron chi connectivity index (χ0n) is 38.4. The van der Waals surface area contributed by atoms with Crippen LogP contribution in [-0.4, -0.2) is 103 Å². The molecule has 2 saturated heterocycles. The van der Waals surface area contributed by atoms with E-state index in [1.54, 1.807) is 41.8 Å². The zero-order chi connectivity index (χ0) is 49.3. The molecule has 1 unspecified atom stereocenters. The number of carbonyl (C=O) groups is 6. The summed E-state index contributed by atoms with van der Waals surface area (Å²) in [6.07, 6.45) is 4.49. The molecule has 0 saturated carbocycles. The van der Waals surface area contributed by atoms with Crippen LogP contribution >= 0.6 is 0 Å². The standard InChI is InChI=1S/C50H51F2N9O8/c1-5-40(65)58-20-21-59(29(4)26-58)45-32-24-34(52)43(42-33(51)13-11-15-37(42)62)56-46(32)61(50(69)57-45)44-27(2)22-30(23-28(44)3)25-54-38(63)16-8-6-7-9-19-53-35-14-10-12-31-41(35)49(68)60(48(31)67)36-17-18-39(64)55-47(36)66/h5,10-15,22-24,29,36,53,62H,1,6-9,16-21,25-26H2,2-4H3,(H,54,63)(H,55,64,66)/t29-,36?/m0/s1. The summed E-state index contributed by atoms with van der Waals surface area (Å²) in [6, 6.07) is 11.8. The summed E-state index contributed by atoms with van der Waals surface area (Å²) in [5, 5.41) is 19.2. The minimum atomic E-state index is -1.05. The number of pyridine rings is 1. The van der Waals surface area contributed by atoms with Crippen molar-refractivity contribution in [1.29, 1.82) is 0 Å². The number of aromatic hydroxyl groups is 1. The number of benzene rings is 3. The maximum atomic E-state index is 16.1. The molecule has 3 aliphatic rings. The fraction of sp³-hybridized carbons (Fsp3) is 0.340. The monoisotopic (exact) mass is 943 g/mol. The van der Waals surface area contributed by atoms with Crippen LogP contribution in [0.2, 0.25) is 0 Å². The number of phenolic OH excluding ortho intramolecular Hbond substituents is 1. The number of amides is 6. The molecule has 5 heterocycles. The summed E-state index contributed by atoms with van der Waals surface area (Å²) < 4.78 is 32.6. The highest BCUT2D eigenvalue weighted by molar-refractivity contribution is 6.25. The summed E-state index contributed by atoms with van der Waals surface area (Å²) in [5.74, 6) is -4.94. The number of piperidine rings is 1. The molecule has 3 aromatic carbocycles. The smallest absolute Gasteiger partial charge is 0.355 e. The number of unbranched alkanes of at least 4 members (excludes halogenated alkanes) is 3. The van der Waals surface area contributed by atoms with Gasteiger partial charge in [0, 0.05) is 57.3 Å². The SMILES string of the molecule is C=CC(=O)N1CCN(c2nc(=O)n(-c3c(C)cc(CNC(=O)CCCCCCNc4cccc5c4C(=O)N(C4CCC(=O)NC4=O)C5=O)cc3C)c3nc(-c4c(O)cccc4F)c(F)cc23)[C@@H](C)C1. The van der Waals surface area contributed by atoms with Gasteiger partial charge in [-0.15, -0.1) is 0 Å². The molecule has 4 N–H and O–H groups in total. The van der Waals surface area contributed by atoms with Gasteiger partial charge < -0.3 is 25.5 Å². The van der Waals surface area contributed by atoms with Crippen LogP contribution in [0.25, 0.3) is 28.0 Å². The molecule has 0 spiro atoms. The number of phenols is 1. The zero-order valence-corrected chi connectivity index (χ0v) is 38.4. The topological polar surface area (TPSA) is 216 Å². The number of aromatic nitrogens is 3. The summed E-state index contributed by atoms with van der Waals surface area (Å²) in [4.78, 5) is 104. The van der Waals surface area contributed by atoms with E-state index in [2.05, 4.69) is 32.5 Å². The van der Waals surface area contributed by atoms with E-state index in [9.17, 15) is 38.7 Å². The minimum absolute atomic E-state index is 0.0302. The first-order chi connectivity index (χ1) is 33.1. The van der Waals surface area contributed by atoms with Gasteiger partial charge in [-0.25, -0.2) is 23.1 Å². The van der Waals surface area contributed by atoms with Crippen molar-refractivity contribution in [3.63, 3.8) is 0 Å². The molecule has 358 valence electrons. The van der Waals surface area contributed by atoms with Crippen molar-refractivity contribution in [2.75, 3.05) is 36.4 Å². The molecule has 19 heteroatoms. The van der Waals surface area contributed by atoms with E-state index >= 15 is 8.78 Å². The molecule has 6 amide bonds. The lowest BCUT2D eigenvalue weighted by Gasteiger charge is -2.40. The second kappa shape index (κ2) is 19.8. The fourth-order valence-corrected chi connectivity index (χ4v) is 9.49. The predicted molar refractivity (Wildman–Crippen MR) is 252 cm³/mol.